The van der Waals surface area contributed by atoms with Gasteiger partial charge in [0, 0.05) is 6.92 Å². The molecule has 1 aromatic carbocycles. The molecule has 1 aromatic rings. The molecule has 1 amide bonds. The molecule has 0 spiro atoms. The van der Waals surface area contributed by atoms with Gasteiger partial charge in [0.1, 0.15) is 11.8 Å². The van der Waals surface area contributed by atoms with Crippen molar-refractivity contribution in [2.45, 2.75) is 19.9 Å². The molecular formula is C12H14N2O2. The van der Waals surface area contributed by atoms with E-state index in [-0.39, 0.29) is 5.91 Å². The molecule has 0 aromatic heterocycles. The Morgan fingerprint density at radius 3 is 2.94 bits per heavy atom. The van der Waals surface area contributed by atoms with Gasteiger partial charge in [-0.05, 0) is 24.6 Å². The highest BCUT2D eigenvalue weighted by molar-refractivity contribution is 5.73. The molecule has 0 aliphatic carbocycles. The predicted molar refractivity (Wildman–Crippen MR) is 59.8 cm³/mol. The van der Waals surface area contributed by atoms with Crippen LogP contribution in [0.25, 0.3) is 0 Å². The normalized spacial score (nSPS) is 11.3. The summed E-state index contributed by atoms with van der Waals surface area (Å²) in [6.45, 7) is 3.85. The van der Waals surface area contributed by atoms with E-state index in [0.29, 0.717) is 12.4 Å². The summed E-state index contributed by atoms with van der Waals surface area (Å²) in [6, 6.07) is 8.56. The van der Waals surface area contributed by atoms with E-state index in [4.69, 9.17) is 10.00 Å². The Morgan fingerprint density at radius 1 is 1.62 bits per heavy atom. The molecule has 1 atom stereocenters. The summed E-state index contributed by atoms with van der Waals surface area (Å²) in [5.74, 6) is 0.471. The third-order valence-corrected chi connectivity index (χ3v) is 1.98. The maximum absolute atomic E-state index is 10.9. The molecular weight excluding hydrogens is 204 g/mol. The molecule has 1 rings (SSSR count). The molecule has 0 radical (unpaired) electrons. The zero-order valence-electron chi connectivity index (χ0n) is 9.36. The van der Waals surface area contributed by atoms with Crippen LogP contribution in [-0.4, -0.2) is 12.5 Å². The third-order valence-electron chi connectivity index (χ3n) is 1.98. The molecule has 4 nitrogen and oxygen atoms in total. The first-order chi connectivity index (χ1) is 7.67. The van der Waals surface area contributed by atoms with E-state index in [1.54, 1.807) is 18.2 Å². The molecule has 0 fully saturated rings. The van der Waals surface area contributed by atoms with Crippen LogP contribution in [0.4, 0.5) is 0 Å². The second-order valence-electron chi connectivity index (χ2n) is 3.27. The van der Waals surface area contributed by atoms with Crippen molar-refractivity contribution in [1.29, 1.82) is 5.26 Å². The maximum atomic E-state index is 10.9. The average molecular weight is 218 g/mol. The van der Waals surface area contributed by atoms with E-state index in [9.17, 15) is 4.79 Å². The van der Waals surface area contributed by atoms with Gasteiger partial charge >= 0.3 is 0 Å². The Hall–Kier alpha value is -2.02. The summed E-state index contributed by atoms with van der Waals surface area (Å²) in [5, 5.41) is 11.5. The fourth-order valence-electron chi connectivity index (χ4n) is 1.34. The molecule has 0 saturated carbocycles. The summed E-state index contributed by atoms with van der Waals surface area (Å²) in [5.41, 5.74) is 0.726. The molecule has 16 heavy (non-hydrogen) atoms. The van der Waals surface area contributed by atoms with Crippen LogP contribution in [0.3, 0.4) is 0 Å². The van der Waals surface area contributed by atoms with Crippen LogP contribution >= 0.6 is 0 Å². The zero-order chi connectivity index (χ0) is 12.0. The minimum Gasteiger partial charge on any atom is -0.494 e. The number of carbonyl (C=O) groups excluding carboxylic acids is 1. The number of nitriles is 1. The maximum Gasteiger partial charge on any atom is 0.218 e. The second kappa shape index (κ2) is 5.76. The van der Waals surface area contributed by atoms with Crippen LogP contribution in [0.5, 0.6) is 5.75 Å². The quantitative estimate of drug-likeness (QED) is 0.838. The van der Waals surface area contributed by atoms with Crippen molar-refractivity contribution in [3.63, 3.8) is 0 Å². The van der Waals surface area contributed by atoms with Gasteiger partial charge in [-0.3, -0.25) is 4.79 Å². The van der Waals surface area contributed by atoms with Crippen molar-refractivity contribution in [3.8, 4) is 11.8 Å². The van der Waals surface area contributed by atoms with Crippen molar-refractivity contribution >= 4 is 5.91 Å². The largest absolute Gasteiger partial charge is 0.494 e. The van der Waals surface area contributed by atoms with Crippen LogP contribution in [0.1, 0.15) is 25.5 Å². The molecule has 0 bridgehead atoms. The van der Waals surface area contributed by atoms with E-state index < -0.39 is 6.04 Å². The molecule has 84 valence electrons. The SMILES string of the molecule is CCOc1cccc(C(C#N)NC(C)=O)c1. The Kier molecular flexibility index (Phi) is 4.34. The number of nitrogens with one attached hydrogen (secondary N) is 1. The van der Waals surface area contributed by atoms with Crippen LogP contribution in [0.15, 0.2) is 24.3 Å². The summed E-state index contributed by atoms with van der Waals surface area (Å²) in [4.78, 5) is 10.9. The topological polar surface area (TPSA) is 62.1 Å². The number of rotatable bonds is 4. The standard InChI is InChI=1S/C12H14N2O2/c1-3-16-11-6-4-5-10(7-11)12(8-13)14-9(2)15/h4-7,12H,3H2,1-2H3,(H,14,15). The molecule has 0 aliphatic heterocycles. The van der Waals surface area contributed by atoms with Crippen molar-refractivity contribution in [2.24, 2.45) is 0 Å². The van der Waals surface area contributed by atoms with Gasteiger partial charge in [-0.15, -0.1) is 0 Å². The lowest BCUT2D eigenvalue weighted by Crippen LogP contribution is -2.24. The second-order valence-corrected chi connectivity index (χ2v) is 3.27. The van der Waals surface area contributed by atoms with Gasteiger partial charge in [-0.25, -0.2) is 0 Å². The first kappa shape index (κ1) is 12.1. The van der Waals surface area contributed by atoms with Crippen LogP contribution in [-0.2, 0) is 4.79 Å². The van der Waals surface area contributed by atoms with Gasteiger partial charge in [0.05, 0.1) is 12.7 Å². The lowest BCUT2D eigenvalue weighted by Gasteiger charge is -2.11. The van der Waals surface area contributed by atoms with Gasteiger partial charge in [0.15, 0.2) is 0 Å². The number of hydrogen-bond donors (Lipinski definition) is 1. The lowest BCUT2D eigenvalue weighted by atomic mass is 10.1. The third kappa shape index (κ3) is 3.28. The van der Waals surface area contributed by atoms with Crippen molar-refractivity contribution in [2.75, 3.05) is 6.61 Å². The summed E-state index contributed by atoms with van der Waals surface area (Å²) in [7, 11) is 0. The van der Waals surface area contributed by atoms with E-state index in [0.717, 1.165) is 5.56 Å². The molecule has 0 saturated heterocycles. The molecule has 0 heterocycles. The minimum atomic E-state index is -0.627. The summed E-state index contributed by atoms with van der Waals surface area (Å²) in [6.07, 6.45) is 0. The highest BCUT2D eigenvalue weighted by atomic mass is 16.5. The molecule has 1 unspecified atom stereocenters. The van der Waals surface area contributed by atoms with E-state index in [1.807, 2.05) is 19.1 Å². The average Bonchev–Trinajstić information content (AvgIpc) is 2.26. The molecule has 0 aliphatic rings. The van der Waals surface area contributed by atoms with Crippen LogP contribution in [0.2, 0.25) is 0 Å². The number of carbonyl (C=O) groups is 1. The van der Waals surface area contributed by atoms with Gasteiger partial charge in [0.25, 0.3) is 0 Å². The Bertz CT molecular complexity index is 410. The molecule has 4 heteroatoms. The fourth-order valence-corrected chi connectivity index (χ4v) is 1.34. The highest BCUT2D eigenvalue weighted by Gasteiger charge is 2.11. The Morgan fingerprint density at radius 2 is 2.38 bits per heavy atom. The number of hydrogen-bond acceptors (Lipinski definition) is 3. The first-order valence-corrected chi connectivity index (χ1v) is 5.07. The van der Waals surface area contributed by atoms with E-state index >= 15 is 0 Å². The number of nitrogens with zero attached hydrogens (tertiary/aromatic N) is 1. The number of benzene rings is 1. The zero-order valence-corrected chi connectivity index (χ0v) is 9.36. The van der Waals surface area contributed by atoms with Gasteiger partial charge in [0.2, 0.25) is 5.91 Å². The van der Waals surface area contributed by atoms with Crippen molar-refractivity contribution < 1.29 is 9.53 Å². The monoisotopic (exact) mass is 218 g/mol. The summed E-state index contributed by atoms with van der Waals surface area (Å²) < 4.78 is 5.32. The lowest BCUT2D eigenvalue weighted by molar-refractivity contribution is -0.119. The smallest absolute Gasteiger partial charge is 0.218 e. The summed E-state index contributed by atoms with van der Waals surface area (Å²) >= 11 is 0. The van der Waals surface area contributed by atoms with Crippen molar-refractivity contribution in [1.82, 2.24) is 5.32 Å². The minimum absolute atomic E-state index is 0.228. The van der Waals surface area contributed by atoms with Gasteiger partial charge < -0.3 is 10.1 Å². The Balaban J connectivity index is 2.88. The van der Waals surface area contributed by atoms with E-state index in [1.165, 1.54) is 6.92 Å². The fraction of sp³-hybridized carbons (Fsp3) is 0.333. The van der Waals surface area contributed by atoms with Crippen LogP contribution in [0, 0.1) is 11.3 Å². The first-order valence-electron chi connectivity index (χ1n) is 5.07. The molecule has 1 N–H and O–H groups in total. The van der Waals surface area contributed by atoms with Gasteiger partial charge in [-0.2, -0.15) is 5.26 Å². The predicted octanol–water partition coefficient (Wildman–Crippen LogP) is 1.79. The number of amides is 1. The van der Waals surface area contributed by atoms with Crippen molar-refractivity contribution in [3.05, 3.63) is 29.8 Å². The van der Waals surface area contributed by atoms with E-state index in [2.05, 4.69) is 5.32 Å². The van der Waals surface area contributed by atoms with Crippen LogP contribution < -0.4 is 10.1 Å². The van der Waals surface area contributed by atoms with Gasteiger partial charge in [-0.1, -0.05) is 12.1 Å². The Labute approximate surface area is 94.8 Å². The number of ether oxygens (including phenoxy) is 1. The highest BCUT2D eigenvalue weighted by Crippen LogP contribution is 2.18.